The van der Waals surface area contributed by atoms with Crippen LogP contribution in [0.25, 0.3) is 11.3 Å². The number of carbonyl (C=O) groups excluding carboxylic acids is 1. The van der Waals surface area contributed by atoms with Gasteiger partial charge >= 0.3 is 0 Å². The fraction of sp³-hybridized carbons (Fsp3) is 0.217. The summed E-state index contributed by atoms with van der Waals surface area (Å²) in [6, 6.07) is 18.9. The summed E-state index contributed by atoms with van der Waals surface area (Å²) in [7, 11) is 1.61. The number of ether oxygens (including phenoxy) is 1. The molecule has 0 radical (unpaired) electrons. The minimum atomic E-state index is -0.692. The average molecular weight is 376 g/mol. The third-order valence-corrected chi connectivity index (χ3v) is 4.42. The van der Waals surface area contributed by atoms with Crippen LogP contribution in [-0.4, -0.2) is 23.1 Å². The highest BCUT2D eigenvalue weighted by atomic mass is 16.5. The van der Waals surface area contributed by atoms with Crippen molar-refractivity contribution in [3.8, 4) is 17.0 Å². The van der Waals surface area contributed by atoms with Gasteiger partial charge in [-0.2, -0.15) is 0 Å². The van der Waals surface area contributed by atoms with Gasteiger partial charge in [0.25, 0.3) is 0 Å². The second-order valence-electron chi connectivity index (χ2n) is 6.74. The molecule has 0 saturated carbocycles. The third-order valence-electron chi connectivity index (χ3n) is 4.42. The van der Waals surface area contributed by atoms with Gasteiger partial charge in [0.2, 0.25) is 5.91 Å². The van der Waals surface area contributed by atoms with E-state index in [1.807, 2.05) is 67.6 Å². The summed E-state index contributed by atoms with van der Waals surface area (Å²) in [5.74, 6) is 0.590. The van der Waals surface area contributed by atoms with Crippen molar-refractivity contribution in [2.45, 2.75) is 26.4 Å². The summed E-state index contributed by atoms with van der Waals surface area (Å²) in [4.78, 5) is 16.2. The number of hydrogen-bond donors (Lipinski definition) is 2. The Balaban J connectivity index is 1.86. The average Bonchev–Trinajstić information content (AvgIpc) is 2.67. The van der Waals surface area contributed by atoms with Gasteiger partial charge in [0.15, 0.2) is 0 Å². The van der Waals surface area contributed by atoms with Crippen LogP contribution in [0.4, 0.5) is 5.69 Å². The SMILES string of the molecule is COc1cc(C)cc(C(O)Cc2cccc(-c3ccccc3NC(C)=O)n2)c1. The summed E-state index contributed by atoms with van der Waals surface area (Å²) >= 11 is 0. The molecule has 2 aromatic carbocycles. The molecular weight excluding hydrogens is 352 g/mol. The molecule has 144 valence electrons. The number of aliphatic hydroxyl groups excluding tert-OH is 1. The molecular formula is C23H24N2O3. The molecule has 5 nitrogen and oxygen atoms in total. The Bertz CT molecular complexity index is 985. The van der Waals surface area contributed by atoms with Gasteiger partial charge in [-0.25, -0.2) is 0 Å². The first kappa shape index (κ1) is 19.6. The zero-order valence-corrected chi connectivity index (χ0v) is 16.3. The van der Waals surface area contributed by atoms with Crippen molar-refractivity contribution in [1.29, 1.82) is 0 Å². The number of pyridine rings is 1. The molecule has 3 rings (SSSR count). The number of methoxy groups -OCH3 is 1. The Morgan fingerprint density at radius 3 is 2.68 bits per heavy atom. The molecule has 3 aromatic rings. The molecule has 28 heavy (non-hydrogen) atoms. The molecule has 1 aromatic heterocycles. The number of aromatic nitrogens is 1. The molecule has 1 atom stereocenters. The van der Waals surface area contributed by atoms with Crippen LogP contribution < -0.4 is 10.1 Å². The van der Waals surface area contributed by atoms with Crippen LogP contribution in [0.1, 0.15) is 29.8 Å². The normalized spacial score (nSPS) is 11.7. The highest BCUT2D eigenvalue weighted by molar-refractivity contribution is 5.93. The van der Waals surface area contributed by atoms with Crippen molar-refractivity contribution in [3.05, 3.63) is 77.5 Å². The van der Waals surface area contributed by atoms with E-state index >= 15 is 0 Å². The molecule has 0 aliphatic heterocycles. The number of aryl methyl sites for hydroxylation is 1. The molecule has 0 bridgehead atoms. The van der Waals surface area contributed by atoms with Crippen LogP contribution in [0.3, 0.4) is 0 Å². The number of amides is 1. The van der Waals surface area contributed by atoms with Gasteiger partial charge in [-0.05, 0) is 48.4 Å². The maximum Gasteiger partial charge on any atom is 0.221 e. The van der Waals surface area contributed by atoms with E-state index < -0.39 is 6.10 Å². The Morgan fingerprint density at radius 2 is 1.93 bits per heavy atom. The molecule has 0 aliphatic carbocycles. The third kappa shape index (κ3) is 4.75. The van der Waals surface area contributed by atoms with Gasteiger partial charge in [-0.15, -0.1) is 0 Å². The first-order chi connectivity index (χ1) is 13.5. The fourth-order valence-corrected chi connectivity index (χ4v) is 3.15. The first-order valence-electron chi connectivity index (χ1n) is 9.13. The van der Waals surface area contributed by atoms with Gasteiger partial charge in [-0.1, -0.05) is 30.3 Å². The largest absolute Gasteiger partial charge is 0.497 e. The molecule has 1 amide bonds. The lowest BCUT2D eigenvalue weighted by atomic mass is 10.0. The number of aliphatic hydroxyl groups is 1. The quantitative estimate of drug-likeness (QED) is 0.673. The lowest BCUT2D eigenvalue weighted by molar-refractivity contribution is -0.114. The van der Waals surface area contributed by atoms with Crippen LogP contribution >= 0.6 is 0 Å². The molecule has 0 fully saturated rings. The summed E-state index contributed by atoms with van der Waals surface area (Å²) in [6.07, 6.45) is -0.315. The Hall–Kier alpha value is -3.18. The van der Waals surface area contributed by atoms with Crippen molar-refractivity contribution in [2.24, 2.45) is 0 Å². The zero-order chi connectivity index (χ0) is 20.1. The smallest absolute Gasteiger partial charge is 0.221 e. The van der Waals surface area contributed by atoms with E-state index in [-0.39, 0.29) is 5.91 Å². The second kappa shape index (κ2) is 8.67. The molecule has 1 unspecified atom stereocenters. The van der Waals surface area contributed by atoms with E-state index in [2.05, 4.69) is 5.32 Å². The lowest BCUT2D eigenvalue weighted by Crippen LogP contribution is -2.08. The summed E-state index contributed by atoms with van der Waals surface area (Å²) in [5, 5.41) is 13.5. The number of nitrogens with one attached hydrogen (secondary N) is 1. The predicted octanol–water partition coefficient (Wildman–Crippen LogP) is 4.30. The molecule has 0 spiro atoms. The number of carbonyl (C=O) groups is 1. The number of benzene rings is 2. The standard InChI is InChI=1S/C23H24N2O3/c1-15-11-17(13-19(12-15)28-3)23(27)14-18-7-6-10-22(25-18)20-8-4-5-9-21(20)24-16(2)26/h4-13,23,27H,14H2,1-3H3,(H,24,26). The number of anilines is 1. The van der Waals surface area contributed by atoms with Crippen molar-refractivity contribution in [2.75, 3.05) is 12.4 Å². The van der Waals surface area contributed by atoms with Crippen LogP contribution in [0.2, 0.25) is 0 Å². The fourth-order valence-electron chi connectivity index (χ4n) is 3.15. The van der Waals surface area contributed by atoms with E-state index in [4.69, 9.17) is 9.72 Å². The maximum atomic E-state index is 11.5. The summed E-state index contributed by atoms with van der Waals surface area (Å²) < 4.78 is 5.30. The van der Waals surface area contributed by atoms with E-state index in [1.165, 1.54) is 6.92 Å². The number of hydrogen-bond acceptors (Lipinski definition) is 4. The summed E-state index contributed by atoms with van der Waals surface area (Å²) in [6.45, 7) is 3.45. The highest BCUT2D eigenvalue weighted by Gasteiger charge is 2.13. The topological polar surface area (TPSA) is 71.5 Å². The van der Waals surface area contributed by atoms with Crippen molar-refractivity contribution >= 4 is 11.6 Å². The van der Waals surface area contributed by atoms with E-state index in [1.54, 1.807) is 7.11 Å². The van der Waals surface area contributed by atoms with Crippen LogP contribution in [0.5, 0.6) is 5.75 Å². The second-order valence-corrected chi connectivity index (χ2v) is 6.74. The molecule has 2 N–H and O–H groups in total. The lowest BCUT2D eigenvalue weighted by Gasteiger charge is -2.14. The van der Waals surface area contributed by atoms with E-state index in [0.29, 0.717) is 12.1 Å². The van der Waals surface area contributed by atoms with Crippen molar-refractivity contribution in [3.63, 3.8) is 0 Å². The monoisotopic (exact) mass is 376 g/mol. The zero-order valence-electron chi connectivity index (χ0n) is 16.3. The van der Waals surface area contributed by atoms with Gasteiger partial charge in [0, 0.05) is 24.6 Å². The number of rotatable bonds is 6. The van der Waals surface area contributed by atoms with E-state index in [9.17, 15) is 9.90 Å². The minimum Gasteiger partial charge on any atom is -0.497 e. The Kier molecular flexibility index (Phi) is 6.06. The Labute approximate surface area is 165 Å². The number of para-hydroxylation sites is 1. The van der Waals surface area contributed by atoms with Gasteiger partial charge in [0.05, 0.1) is 24.6 Å². The Morgan fingerprint density at radius 1 is 1.14 bits per heavy atom. The van der Waals surface area contributed by atoms with Gasteiger partial charge in [0.1, 0.15) is 5.75 Å². The van der Waals surface area contributed by atoms with Gasteiger partial charge < -0.3 is 15.2 Å². The van der Waals surface area contributed by atoms with Crippen LogP contribution in [0, 0.1) is 6.92 Å². The molecule has 1 heterocycles. The molecule has 5 heteroatoms. The predicted molar refractivity (Wildman–Crippen MR) is 110 cm³/mol. The minimum absolute atomic E-state index is 0.132. The number of nitrogens with zero attached hydrogens (tertiary/aromatic N) is 1. The van der Waals surface area contributed by atoms with Gasteiger partial charge in [-0.3, -0.25) is 9.78 Å². The van der Waals surface area contributed by atoms with Crippen molar-refractivity contribution in [1.82, 2.24) is 4.98 Å². The van der Waals surface area contributed by atoms with Crippen molar-refractivity contribution < 1.29 is 14.6 Å². The maximum absolute atomic E-state index is 11.5. The molecule has 0 saturated heterocycles. The van der Waals surface area contributed by atoms with Crippen LogP contribution in [0.15, 0.2) is 60.7 Å². The highest BCUT2D eigenvalue weighted by Crippen LogP contribution is 2.28. The summed E-state index contributed by atoms with van der Waals surface area (Å²) in [5.41, 5.74) is 4.89. The first-order valence-corrected chi connectivity index (χ1v) is 9.13. The van der Waals surface area contributed by atoms with Crippen LogP contribution in [-0.2, 0) is 11.2 Å². The van der Waals surface area contributed by atoms with E-state index in [0.717, 1.165) is 33.8 Å². The molecule has 0 aliphatic rings.